The summed E-state index contributed by atoms with van der Waals surface area (Å²) in [6.07, 6.45) is 0. The summed E-state index contributed by atoms with van der Waals surface area (Å²) in [5.41, 5.74) is 1.99. The van der Waals surface area contributed by atoms with E-state index in [1.54, 1.807) is 43.3 Å². The van der Waals surface area contributed by atoms with E-state index < -0.39 is 11.3 Å². The number of aromatic nitrogens is 2. The molecule has 1 amide bonds. The quantitative estimate of drug-likeness (QED) is 0.723. The predicted octanol–water partition coefficient (Wildman–Crippen LogP) is 4.41. The molecule has 0 unspecified atom stereocenters. The monoisotopic (exact) mass is 387 g/mol. The number of carbonyl (C=O) groups is 1. The molecule has 0 aliphatic rings. The minimum Gasteiger partial charge on any atom is -0.319 e. The Morgan fingerprint density at radius 1 is 1.04 bits per heavy atom. The Hall–Kier alpha value is -2.63. The molecule has 0 atom stereocenters. The number of amides is 1. The molecular formula is C19H15Cl2N3O2. The van der Waals surface area contributed by atoms with Crippen LogP contribution in [-0.2, 0) is 0 Å². The first-order chi connectivity index (χ1) is 12.3. The van der Waals surface area contributed by atoms with Crippen LogP contribution in [0.15, 0.2) is 53.3 Å². The Balaban J connectivity index is 1.99. The number of halogens is 2. The second kappa shape index (κ2) is 7.32. The van der Waals surface area contributed by atoms with Gasteiger partial charge in [0.25, 0.3) is 5.91 Å². The number of benzene rings is 2. The van der Waals surface area contributed by atoms with Crippen LogP contribution in [0.2, 0.25) is 10.0 Å². The molecule has 0 radical (unpaired) electrons. The molecular weight excluding hydrogens is 373 g/mol. The van der Waals surface area contributed by atoms with Crippen LogP contribution in [0.5, 0.6) is 0 Å². The van der Waals surface area contributed by atoms with Crippen LogP contribution in [0.4, 0.5) is 5.69 Å². The number of nitrogens with zero attached hydrogens (tertiary/aromatic N) is 2. The average molecular weight is 388 g/mol. The third kappa shape index (κ3) is 3.79. The molecule has 1 heterocycles. The van der Waals surface area contributed by atoms with Crippen molar-refractivity contribution in [3.63, 3.8) is 0 Å². The first-order valence-corrected chi connectivity index (χ1v) is 8.55. The van der Waals surface area contributed by atoms with Crippen LogP contribution >= 0.6 is 23.2 Å². The van der Waals surface area contributed by atoms with Crippen molar-refractivity contribution in [2.75, 3.05) is 5.32 Å². The van der Waals surface area contributed by atoms with Crippen LogP contribution in [0.1, 0.15) is 21.7 Å². The van der Waals surface area contributed by atoms with E-state index in [2.05, 4.69) is 10.4 Å². The summed E-state index contributed by atoms with van der Waals surface area (Å²) in [4.78, 5) is 24.8. The zero-order valence-electron chi connectivity index (χ0n) is 14.1. The summed E-state index contributed by atoms with van der Waals surface area (Å²) < 4.78 is 1.52. The van der Waals surface area contributed by atoms with Crippen LogP contribution in [0, 0.1) is 13.8 Å². The molecule has 0 saturated heterocycles. The van der Waals surface area contributed by atoms with Crippen molar-refractivity contribution in [1.29, 1.82) is 0 Å². The van der Waals surface area contributed by atoms with Crippen LogP contribution < -0.4 is 10.7 Å². The number of nitrogens with one attached hydrogen (secondary N) is 1. The van der Waals surface area contributed by atoms with Gasteiger partial charge < -0.3 is 5.32 Å². The number of carbonyl (C=O) groups excluding carboxylic acids is 1. The maximum absolute atomic E-state index is 12.6. The van der Waals surface area contributed by atoms with Gasteiger partial charge in [-0.25, -0.2) is 4.68 Å². The fourth-order valence-corrected chi connectivity index (χ4v) is 2.86. The van der Waals surface area contributed by atoms with Gasteiger partial charge in [0.1, 0.15) is 0 Å². The minimum atomic E-state index is -0.622. The smallest absolute Gasteiger partial charge is 0.280 e. The normalized spacial score (nSPS) is 10.6. The van der Waals surface area contributed by atoms with Crippen molar-refractivity contribution < 1.29 is 4.79 Å². The minimum absolute atomic E-state index is 0.220. The third-order valence-corrected chi connectivity index (χ3v) is 4.33. The van der Waals surface area contributed by atoms with Gasteiger partial charge in [0.2, 0.25) is 5.43 Å². The molecule has 132 valence electrons. The largest absolute Gasteiger partial charge is 0.319 e. The van der Waals surface area contributed by atoms with Gasteiger partial charge in [-0.1, -0.05) is 29.3 Å². The van der Waals surface area contributed by atoms with E-state index in [-0.39, 0.29) is 5.69 Å². The molecule has 5 nitrogen and oxygen atoms in total. The van der Waals surface area contributed by atoms with Gasteiger partial charge in [0.05, 0.1) is 16.4 Å². The highest BCUT2D eigenvalue weighted by Crippen LogP contribution is 2.23. The molecule has 2 aromatic carbocycles. The molecule has 1 N–H and O–H groups in total. The molecule has 3 aromatic rings. The van der Waals surface area contributed by atoms with Crippen molar-refractivity contribution in [2.45, 2.75) is 13.8 Å². The third-order valence-electron chi connectivity index (χ3n) is 3.77. The van der Waals surface area contributed by atoms with Gasteiger partial charge in [-0.15, -0.1) is 0 Å². The number of hydrogen-bond donors (Lipinski definition) is 1. The zero-order chi connectivity index (χ0) is 18.8. The van der Waals surface area contributed by atoms with E-state index in [1.807, 2.05) is 13.0 Å². The molecule has 0 aliphatic carbocycles. The lowest BCUT2D eigenvalue weighted by molar-refractivity contribution is 0.101. The van der Waals surface area contributed by atoms with E-state index >= 15 is 0 Å². The molecule has 1 aromatic heterocycles. The second-order valence-corrected chi connectivity index (χ2v) is 6.67. The first kappa shape index (κ1) is 18.2. The lowest BCUT2D eigenvalue weighted by atomic mass is 10.2. The van der Waals surface area contributed by atoms with E-state index in [0.29, 0.717) is 27.1 Å². The fraction of sp³-hybridized carbons (Fsp3) is 0.105. The summed E-state index contributed by atoms with van der Waals surface area (Å²) in [7, 11) is 0. The molecule has 0 fully saturated rings. The fourth-order valence-electron chi connectivity index (χ4n) is 2.45. The highest BCUT2D eigenvalue weighted by Gasteiger charge is 2.16. The zero-order valence-corrected chi connectivity index (χ0v) is 15.6. The van der Waals surface area contributed by atoms with Crippen LogP contribution in [0.25, 0.3) is 5.69 Å². The Morgan fingerprint density at radius 2 is 1.73 bits per heavy atom. The molecule has 0 saturated carbocycles. The van der Waals surface area contributed by atoms with Crippen molar-refractivity contribution >= 4 is 34.8 Å². The SMILES string of the molecule is Cc1ccc(NC(=O)c2nn(-c3ccc(Cl)cc3)c(C)cc2=O)c(Cl)c1. The maximum Gasteiger partial charge on any atom is 0.280 e. The van der Waals surface area contributed by atoms with Gasteiger partial charge in [-0.2, -0.15) is 5.10 Å². The molecule has 7 heteroatoms. The van der Waals surface area contributed by atoms with Crippen LogP contribution in [0.3, 0.4) is 0 Å². The van der Waals surface area contributed by atoms with E-state index in [9.17, 15) is 9.59 Å². The summed E-state index contributed by atoms with van der Waals surface area (Å²) in [5.74, 6) is -0.622. The Morgan fingerprint density at radius 3 is 2.38 bits per heavy atom. The van der Waals surface area contributed by atoms with Crippen molar-refractivity contribution in [3.8, 4) is 5.69 Å². The summed E-state index contributed by atoms with van der Waals surface area (Å²) in [6, 6.07) is 13.5. The standard InChI is InChI=1S/C19H15Cl2N3O2/c1-11-3-8-16(15(21)9-11)22-19(26)18-17(25)10-12(2)24(23-18)14-6-4-13(20)5-7-14/h3-10H,1-2H3,(H,22,26). The van der Waals surface area contributed by atoms with E-state index in [1.165, 1.54) is 10.7 Å². The number of aryl methyl sites for hydroxylation is 2. The summed E-state index contributed by atoms with van der Waals surface area (Å²) in [5, 5.41) is 7.83. The first-order valence-electron chi connectivity index (χ1n) is 7.79. The van der Waals surface area contributed by atoms with Crippen molar-refractivity contribution in [3.05, 3.63) is 85.8 Å². The molecule has 0 aliphatic heterocycles. The van der Waals surface area contributed by atoms with Crippen molar-refractivity contribution in [1.82, 2.24) is 9.78 Å². The average Bonchev–Trinajstić information content (AvgIpc) is 2.58. The highest BCUT2D eigenvalue weighted by molar-refractivity contribution is 6.34. The topological polar surface area (TPSA) is 64.0 Å². The van der Waals surface area contributed by atoms with Crippen molar-refractivity contribution in [2.24, 2.45) is 0 Å². The Labute approximate surface area is 160 Å². The predicted molar refractivity (Wildman–Crippen MR) is 104 cm³/mol. The number of hydrogen-bond acceptors (Lipinski definition) is 3. The Bertz CT molecular complexity index is 1040. The van der Waals surface area contributed by atoms with E-state index in [0.717, 1.165) is 5.56 Å². The van der Waals surface area contributed by atoms with Gasteiger partial charge >= 0.3 is 0 Å². The molecule has 0 bridgehead atoms. The second-order valence-electron chi connectivity index (χ2n) is 5.82. The van der Waals surface area contributed by atoms with E-state index in [4.69, 9.17) is 23.2 Å². The lowest BCUT2D eigenvalue weighted by Crippen LogP contribution is -2.27. The molecule has 26 heavy (non-hydrogen) atoms. The van der Waals surface area contributed by atoms with Gasteiger partial charge in [0.15, 0.2) is 5.69 Å². The number of rotatable bonds is 3. The van der Waals surface area contributed by atoms with Crippen LogP contribution in [-0.4, -0.2) is 15.7 Å². The summed E-state index contributed by atoms with van der Waals surface area (Å²) in [6.45, 7) is 3.63. The Kier molecular flexibility index (Phi) is 5.11. The van der Waals surface area contributed by atoms with Gasteiger partial charge in [-0.05, 0) is 55.8 Å². The molecule has 3 rings (SSSR count). The highest BCUT2D eigenvalue weighted by atomic mass is 35.5. The van der Waals surface area contributed by atoms with Gasteiger partial charge in [-0.3, -0.25) is 9.59 Å². The summed E-state index contributed by atoms with van der Waals surface area (Å²) >= 11 is 12.0. The number of anilines is 1. The lowest BCUT2D eigenvalue weighted by Gasteiger charge is -2.12. The van der Waals surface area contributed by atoms with Gasteiger partial charge in [0, 0.05) is 16.8 Å². The maximum atomic E-state index is 12.6. The molecule has 0 spiro atoms.